The summed E-state index contributed by atoms with van der Waals surface area (Å²) in [7, 11) is 0. The average Bonchev–Trinajstić information content (AvgIpc) is 2.54. The van der Waals surface area contributed by atoms with Crippen molar-refractivity contribution in [2.75, 3.05) is 12.3 Å². The van der Waals surface area contributed by atoms with Gasteiger partial charge in [0, 0.05) is 19.0 Å². The van der Waals surface area contributed by atoms with Gasteiger partial charge in [0.15, 0.2) is 0 Å². The number of carbonyl (C=O) groups is 3. The smallest absolute Gasteiger partial charge is 0.308 e. The van der Waals surface area contributed by atoms with Gasteiger partial charge in [-0.05, 0) is 31.9 Å². The SMILES string of the molecule is C#CC(CC(=O)OCC)NC(C)=O.NC(=O)CCCc1cccc(N)n1. The van der Waals surface area contributed by atoms with Gasteiger partial charge in [0.1, 0.15) is 11.9 Å². The zero-order valence-electron chi connectivity index (χ0n) is 15.2. The molecule has 0 aliphatic heterocycles. The number of terminal acetylenes is 1. The quantitative estimate of drug-likeness (QED) is 0.456. The molecule has 5 N–H and O–H groups in total. The number of nitrogens with zero attached hydrogens (tertiary/aromatic N) is 1. The number of hydrogen-bond acceptors (Lipinski definition) is 6. The number of nitrogens with one attached hydrogen (secondary N) is 1. The van der Waals surface area contributed by atoms with Crippen LogP contribution >= 0.6 is 0 Å². The Morgan fingerprint density at radius 3 is 2.58 bits per heavy atom. The van der Waals surface area contributed by atoms with Crippen molar-refractivity contribution in [1.82, 2.24) is 10.3 Å². The van der Waals surface area contributed by atoms with E-state index in [4.69, 9.17) is 17.9 Å². The van der Waals surface area contributed by atoms with Gasteiger partial charge in [0.25, 0.3) is 0 Å². The fraction of sp³-hybridized carbons (Fsp3) is 0.444. The van der Waals surface area contributed by atoms with Crippen molar-refractivity contribution in [3.8, 4) is 12.3 Å². The Hall–Kier alpha value is -3.08. The third kappa shape index (κ3) is 12.4. The van der Waals surface area contributed by atoms with Gasteiger partial charge in [0.2, 0.25) is 11.8 Å². The van der Waals surface area contributed by atoms with E-state index in [0.717, 1.165) is 18.5 Å². The maximum Gasteiger partial charge on any atom is 0.308 e. The van der Waals surface area contributed by atoms with Crippen LogP contribution in [0.25, 0.3) is 0 Å². The van der Waals surface area contributed by atoms with E-state index in [2.05, 4.69) is 21.0 Å². The molecular weight excluding hydrogens is 336 g/mol. The lowest BCUT2D eigenvalue weighted by molar-refractivity contribution is -0.143. The van der Waals surface area contributed by atoms with E-state index in [1.807, 2.05) is 12.1 Å². The number of nitrogens with two attached hydrogens (primary N) is 2. The monoisotopic (exact) mass is 362 g/mol. The van der Waals surface area contributed by atoms with E-state index >= 15 is 0 Å². The highest BCUT2D eigenvalue weighted by atomic mass is 16.5. The van der Waals surface area contributed by atoms with E-state index in [1.54, 1.807) is 13.0 Å². The summed E-state index contributed by atoms with van der Waals surface area (Å²) in [5.41, 5.74) is 11.4. The molecule has 0 saturated heterocycles. The molecule has 0 bridgehead atoms. The molecule has 0 radical (unpaired) electrons. The third-order valence-corrected chi connectivity index (χ3v) is 2.94. The number of aromatic nitrogens is 1. The number of ether oxygens (including phenoxy) is 1. The van der Waals surface area contributed by atoms with E-state index < -0.39 is 12.0 Å². The Morgan fingerprint density at radius 2 is 2.08 bits per heavy atom. The Kier molecular flexibility index (Phi) is 11.7. The maximum atomic E-state index is 10.9. The Morgan fingerprint density at radius 1 is 1.38 bits per heavy atom. The highest BCUT2D eigenvalue weighted by molar-refractivity contribution is 5.76. The minimum absolute atomic E-state index is 0.0178. The van der Waals surface area contributed by atoms with Crippen LogP contribution in [-0.2, 0) is 25.5 Å². The lowest BCUT2D eigenvalue weighted by Crippen LogP contribution is -2.34. The molecular formula is C18H26N4O4. The first kappa shape index (κ1) is 22.9. The molecule has 2 amide bonds. The molecule has 0 saturated carbocycles. The lowest BCUT2D eigenvalue weighted by Gasteiger charge is -2.09. The number of rotatable bonds is 8. The molecule has 26 heavy (non-hydrogen) atoms. The van der Waals surface area contributed by atoms with Gasteiger partial charge in [-0.2, -0.15) is 0 Å². The number of pyridine rings is 1. The van der Waals surface area contributed by atoms with Crippen LogP contribution in [0.2, 0.25) is 0 Å². The first-order valence-electron chi connectivity index (χ1n) is 8.17. The first-order valence-corrected chi connectivity index (χ1v) is 8.17. The molecule has 1 rings (SSSR count). The second kappa shape index (κ2) is 13.2. The van der Waals surface area contributed by atoms with Crippen LogP contribution in [0.4, 0.5) is 5.82 Å². The van der Waals surface area contributed by atoms with Gasteiger partial charge in [-0.15, -0.1) is 6.42 Å². The number of nitrogen functional groups attached to an aromatic ring is 1. The molecule has 1 heterocycles. The van der Waals surface area contributed by atoms with Crippen LogP contribution in [0.3, 0.4) is 0 Å². The number of primary amides is 1. The number of anilines is 1. The Labute approximate surface area is 153 Å². The van der Waals surface area contributed by atoms with Crippen LogP contribution in [-0.4, -0.2) is 35.4 Å². The minimum atomic E-state index is -0.573. The summed E-state index contributed by atoms with van der Waals surface area (Å²) in [5.74, 6) is 1.87. The highest BCUT2D eigenvalue weighted by Crippen LogP contribution is 2.04. The summed E-state index contributed by atoms with van der Waals surface area (Å²) in [6.07, 6.45) is 6.98. The van der Waals surface area contributed by atoms with E-state index in [9.17, 15) is 14.4 Å². The number of esters is 1. The molecule has 0 aliphatic carbocycles. The number of carbonyl (C=O) groups excluding carboxylic acids is 3. The first-order chi connectivity index (χ1) is 12.3. The lowest BCUT2D eigenvalue weighted by atomic mass is 10.2. The van der Waals surface area contributed by atoms with Gasteiger partial charge in [0.05, 0.1) is 13.0 Å². The fourth-order valence-electron chi connectivity index (χ4n) is 1.86. The Bertz CT molecular complexity index is 640. The predicted molar refractivity (Wildman–Crippen MR) is 98.5 cm³/mol. The molecule has 0 aromatic carbocycles. The molecule has 1 unspecified atom stereocenters. The van der Waals surface area contributed by atoms with Crippen molar-refractivity contribution in [2.45, 2.75) is 45.6 Å². The third-order valence-electron chi connectivity index (χ3n) is 2.94. The highest BCUT2D eigenvalue weighted by Gasteiger charge is 2.12. The van der Waals surface area contributed by atoms with Crippen molar-refractivity contribution >= 4 is 23.6 Å². The van der Waals surface area contributed by atoms with Crippen LogP contribution in [0.1, 0.15) is 38.8 Å². The molecule has 0 spiro atoms. The fourth-order valence-corrected chi connectivity index (χ4v) is 1.86. The molecule has 142 valence electrons. The topological polar surface area (TPSA) is 137 Å². The average molecular weight is 362 g/mol. The van der Waals surface area contributed by atoms with Crippen LogP contribution in [0.15, 0.2) is 18.2 Å². The van der Waals surface area contributed by atoms with Crippen molar-refractivity contribution < 1.29 is 19.1 Å². The van der Waals surface area contributed by atoms with Crippen molar-refractivity contribution in [3.05, 3.63) is 23.9 Å². The summed E-state index contributed by atoms with van der Waals surface area (Å²) >= 11 is 0. The van der Waals surface area contributed by atoms with Gasteiger partial charge < -0.3 is 21.5 Å². The Balaban J connectivity index is 0.000000481. The summed E-state index contributed by atoms with van der Waals surface area (Å²) < 4.78 is 4.67. The predicted octanol–water partition coefficient (Wildman–Crippen LogP) is 0.549. The summed E-state index contributed by atoms with van der Waals surface area (Å²) in [5, 5.41) is 2.44. The maximum absolute atomic E-state index is 10.9. The van der Waals surface area contributed by atoms with Crippen molar-refractivity contribution in [1.29, 1.82) is 0 Å². The molecule has 0 fully saturated rings. The van der Waals surface area contributed by atoms with Gasteiger partial charge in [-0.3, -0.25) is 14.4 Å². The van der Waals surface area contributed by atoms with Crippen LogP contribution in [0, 0.1) is 12.3 Å². The number of hydrogen-bond donors (Lipinski definition) is 3. The summed E-state index contributed by atoms with van der Waals surface area (Å²) in [6.45, 7) is 3.37. The van der Waals surface area contributed by atoms with E-state index in [-0.39, 0.29) is 18.2 Å². The van der Waals surface area contributed by atoms with Crippen LogP contribution < -0.4 is 16.8 Å². The van der Waals surface area contributed by atoms with E-state index in [1.165, 1.54) is 6.92 Å². The molecule has 8 nitrogen and oxygen atoms in total. The van der Waals surface area contributed by atoms with Gasteiger partial charge in [-0.1, -0.05) is 12.0 Å². The zero-order valence-corrected chi connectivity index (χ0v) is 15.2. The van der Waals surface area contributed by atoms with E-state index in [0.29, 0.717) is 18.8 Å². The second-order valence-corrected chi connectivity index (χ2v) is 5.30. The van der Waals surface area contributed by atoms with Crippen LogP contribution in [0.5, 0.6) is 0 Å². The molecule has 1 aromatic heterocycles. The second-order valence-electron chi connectivity index (χ2n) is 5.30. The standard InChI is InChI=1S/C9H13N3O.C9H13NO3/c10-8-5-1-3-7(12-8)4-2-6-9(11)13;1-4-8(10-7(3)11)6-9(12)13-5-2/h1,3,5H,2,4,6H2,(H2,10,12)(H2,11,13);1,8H,5-6H2,2-3H3,(H,10,11). The number of aryl methyl sites for hydroxylation is 1. The summed E-state index contributed by atoms with van der Waals surface area (Å²) in [4.78, 5) is 36.0. The zero-order chi connectivity index (χ0) is 19.9. The molecule has 1 aromatic rings. The van der Waals surface area contributed by atoms with Crippen molar-refractivity contribution in [2.24, 2.45) is 5.73 Å². The molecule has 0 aliphatic rings. The number of amides is 2. The van der Waals surface area contributed by atoms with Gasteiger partial charge >= 0.3 is 5.97 Å². The molecule has 8 heteroatoms. The van der Waals surface area contributed by atoms with Gasteiger partial charge in [-0.25, -0.2) is 4.98 Å². The molecule has 1 atom stereocenters. The normalized spacial score (nSPS) is 10.5. The minimum Gasteiger partial charge on any atom is -0.466 e. The summed E-state index contributed by atoms with van der Waals surface area (Å²) in [6, 6.07) is 4.90. The van der Waals surface area contributed by atoms with Crippen molar-refractivity contribution in [3.63, 3.8) is 0 Å². The largest absolute Gasteiger partial charge is 0.466 e.